The fourth-order valence-electron chi connectivity index (χ4n) is 1.44. The number of nitrogens with one attached hydrogen (secondary N) is 1. The number of thiol groups is 1. The van der Waals surface area contributed by atoms with Crippen molar-refractivity contribution in [1.82, 2.24) is 0 Å². The van der Waals surface area contributed by atoms with Crippen LogP contribution in [-0.4, -0.2) is 5.91 Å². The molecule has 0 bridgehead atoms. The van der Waals surface area contributed by atoms with Crippen LogP contribution in [0.2, 0.25) is 0 Å². The smallest absolute Gasteiger partial charge is 0.255 e. The lowest BCUT2D eigenvalue weighted by atomic mass is 10.2. The highest BCUT2D eigenvalue weighted by molar-refractivity contribution is 7.80. The third kappa shape index (κ3) is 3.07. The first-order valence-corrected chi connectivity index (χ1v) is 5.56. The third-order valence-electron chi connectivity index (χ3n) is 2.25. The summed E-state index contributed by atoms with van der Waals surface area (Å²) in [5.41, 5.74) is 0.463. The number of halogens is 2. The molecule has 2 nitrogen and oxygen atoms in total. The van der Waals surface area contributed by atoms with E-state index in [4.69, 9.17) is 0 Å². The number of carbonyl (C=O) groups is 1. The predicted molar refractivity (Wildman–Crippen MR) is 68.0 cm³/mol. The quantitative estimate of drug-likeness (QED) is 0.799. The van der Waals surface area contributed by atoms with E-state index in [1.807, 2.05) is 0 Å². The standard InChI is InChI=1S/C13H9F2NOS/c14-9-5-10(15)7-11(6-9)16-13(17)8-1-3-12(18)4-2-8/h1-7,18H,(H,16,17). The summed E-state index contributed by atoms with van der Waals surface area (Å²) in [6.07, 6.45) is 0. The van der Waals surface area contributed by atoms with Gasteiger partial charge in [-0.15, -0.1) is 12.6 Å². The van der Waals surface area contributed by atoms with Gasteiger partial charge in [0.05, 0.1) is 0 Å². The number of hydrogen-bond donors (Lipinski definition) is 2. The molecular weight excluding hydrogens is 256 g/mol. The molecule has 0 radical (unpaired) electrons. The van der Waals surface area contributed by atoms with Gasteiger partial charge >= 0.3 is 0 Å². The molecule has 18 heavy (non-hydrogen) atoms. The van der Waals surface area contributed by atoms with Gasteiger partial charge in [-0.05, 0) is 36.4 Å². The van der Waals surface area contributed by atoms with Crippen molar-refractivity contribution in [3.8, 4) is 0 Å². The molecular formula is C13H9F2NOS. The molecule has 2 aromatic carbocycles. The molecule has 0 heterocycles. The Morgan fingerprint density at radius 1 is 1.00 bits per heavy atom. The second-order valence-corrected chi connectivity index (χ2v) is 4.18. The Morgan fingerprint density at radius 2 is 1.56 bits per heavy atom. The summed E-state index contributed by atoms with van der Waals surface area (Å²) in [6.45, 7) is 0. The Hall–Kier alpha value is -1.88. The van der Waals surface area contributed by atoms with Crippen LogP contribution in [0.3, 0.4) is 0 Å². The van der Waals surface area contributed by atoms with E-state index in [0.29, 0.717) is 5.56 Å². The van der Waals surface area contributed by atoms with Crippen molar-refractivity contribution >= 4 is 24.2 Å². The molecule has 0 aliphatic heterocycles. The topological polar surface area (TPSA) is 29.1 Å². The predicted octanol–water partition coefficient (Wildman–Crippen LogP) is 3.51. The van der Waals surface area contributed by atoms with Gasteiger partial charge in [0, 0.05) is 22.2 Å². The van der Waals surface area contributed by atoms with Crippen LogP contribution in [0.25, 0.3) is 0 Å². The van der Waals surface area contributed by atoms with Gasteiger partial charge in [0.25, 0.3) is 5.91 Å². The highest BCUT2D eigenvalue weighted by Crippen LogP contribution is 2.15. The van der Waals surface area contributed by atoms with E-state index < -0.39 is 17.5 Å². The van der Waals surface area contributed by atoms with Crippen LogP contribution in [0.15, 0.2) is 47.4 Å². The summed E-state index contributed by atoms with van der Waals surface area (Å²) in [4.78, 5) is 12.5. The summed E-state index contributed by atoms with van der Waals surface area (Å²) >= 11 is 4.10. The Bertz CT molecular complexity index is 564. The van der Waals surface area contributed by atoms with Crippen LogP contribution in [0.1, 0.15) is 10.4 Å². The molecule has 5 heteroatoms. The van der Waals surface area contributed by atoms with Crippen molar-refractivity contribution < 1.29 is 13.6 Å². The molecule has 0 atom stereocenters. The second-order valence-electron chi connectivity index (χ2n) is 3.66. The molecule has 1 N–H and O–H groups in total. The summed E-state index contributed by atoms with van der Waals surface area (Å²) in [7, 11) is 0. The SMILES string of the molecule is O=C(Nc1cc(F)cc(F)c1)c1ccc(S)cc1. The van der Waals surface area contributed by atoms with Crippen molar-refractivity contribution in [1.29, 1.82) is 0 Å². The minimum absolute atomic E-state index is 0.0763. The van der Waals surface area contributed by atoms with Gasteiger partial charge in [-0.2, -0.15) is 0 Å². The molecule has 0 aliphatic rings. The maximum Gasteiger partial charge on any atom is 0.255 e. The maximum atomic E-state index is 12.9. The lowest BCUT2D eigenvalue weighted by Gasteiger charge is -2.05. The molecule has 0 fully saturated rings. The van der Waals surface area contributed by atoms with Crippen LogP contribution in [0.4, 0.5) is 14.5 Å². The molecule has 0 spiro atoms. The number of benzene rings is 2. The van der Waals surface area contributed by atoms with E-state index in [0.717, 1.165) is 23.1 Å². The fourth-order valence-corrected chi connectivity index (χ4v) is 1.59. The Labute approximate surface area is 108 Å². The molecule has 1 amide bonds. The Morgan fingerprint density at radius 3 is 2.11 bits per heavy atom. The molecule has 0 aromatic heterocycles. The van der Waals surface area contributed by atoms with Gasteiger partial charge in [0.2, 0.25) is 0 Å². The third-order valence-corrected chi connectivity index (χ3v) is 2.55. The minimum Gasteiger partial charge on any atom is -0.322 e. The number of carbonyl (C=O) groups excluding carboxylic acids is 1. The molecule has 0 unspecified atom stereocenters. The average molecular weight is 265 g/mol. The van der Waals surface area contributed by atoms with Crippen LogP contribution in [0.5, 0.6) is 0 Å². The average Bonchev–Trinajstić information content (AvgIpc) is 2.28. The molecule has 0 saturated carbocycles. The first kappa shape index (κ1) is 12.6. The molecule has 92 valence electrons. The van der Waals surface area contributed by atoms with Gasteiger partial charge in [0.15, 0.2) is 0 Å². The van der Waals surface area contributed by atoms with Gasteiger partial charge in [-0.25, -0.2) is 8.78 Å². The van der Waals surface area contributed by atoms with Crippen LogP contribution >= 0.6 is 12.6 Å². The van der Waals surface area contributed by atoms with Crippen molar-refractivity contribution in [2.75, 3.05) is 5.32 Å². The Balaban J connectivity index is 2.18. The van der Waals surface area contributed by atoms with Crippen LogP contribution in [0, 0.1) is 11.6 Å². The number of hydrogen-bond acceptors (Lipinski definition) is 2. The summed E-state index contributed by atoms with van der Waals surface area (Å²) < 4.78 is 25.9. The lowest BCUT2D eigenvalue weighted by Crippen LogP contribution is -2.12. The van der Waals surface area contributed by atoms with E-state index in [2.05, 4.69) is 17.9 Å². The second kappa shape index (κ2) is 5.18. The van der Waals surface area contributed by atoms with Gasteiger partial charge in [0.1, 0.15) is 11.6 Å². The zero-order chi connectivity index (χ0) is 13.1. The van der Waals surface area contributed by atoms with Gasteiger partial charge in [-0.3, -0.25) is 4.79 Å². The van der Waals surface area contributed by atoms with E-state index in [1.165, 1.54) is 0 Å². The highest BCUT2D eigenvalue weighted by atomic mass is 32.1. The summed E-state index contributed by atoms with van der Waals surface area (Å²) in [6, 6.07) is 9.31. The molecule has 2 aromatic rings. The summed E-state index contributed by atoms with van der Waals surface area (Å²) in [5, 5.41) is 2.42. The van der Waals surface area contributed by atoms with Crippen molar-refractivity contribution in [3.05, 3.63) is 59.7 Å². The normalized spacial score (nSPS) is 10.2. The molecule has 0 saturated heterocycles. The van der Waals surface area contributed by atoms with Crippen molar-refractivity contribution in [3.63, 3.8) is 0 Å². The number of anilines is 1. The van der Waals surface area contributed by atoms with E-state index >= 15 is 0 Å². The van der Waals surface area contributed by atoms with E-state index in [1.54, 1.807) is 24.3 Å². The minimum atomic E-state index is -0.740. The highest BCUT2D eigenvalue weighted by Gasteiger charge is 2.07. The first-order valence-electron chi connectivity index (χ1n) is 5.11. The Kier molecular flexibility index (Phi) is 3.62. The van der Waals surface area contributed by atoms with Crippen molar-refractivity contribution in [2.45, 2.75) is 4.90 Å². The van der Waals surface area contributed by atoms with Crippen molar-refractivity contribution in [2.24, 2.45) is 0 Å². The van der Waals surface area contributed by atoms with Crippen LogP contribution in [-0.2, 0) is 0 Å². The number of amides is 1. The van der Waals surface area contributed by atoms with Gasteiger partial charge < -0.3 is 5.32 Å². The lowest BCUT2D eigenvalue weighted by molar-refractivity contribution is 0.102. The van der Waals surface area contributed by atoms with Crippen LogP contribution < -0.4 is 5.32 Å². The molecule has 0 aliphatic carbocycles. The monoisotopic (exact) mass is 265 g/mol. The molecule has 2 rings (SSSR count). The van der Waals surface area contributed by atoms with Gasteiger partial charge in [-0.1, -0.05) is 0 Å². The largest absolute Gasteiger partial charge is 0.322 e. The number of rotatable bonds is 2. The summed E-state index contributed by atoms with van der Waals surface area (Å²) in [5.74, 6) is -1.92. The maximum absolute atomic E-state index is 12.9. The first-order chi connectivity index (χ1) is 8.54. The fraction of sp³-hybridized carbons (Fsp3) is 0. The van der Waals surface area contributed by atoms with E-state index in [9.17, 15) is 13.6 Å². The zero-order valence-electron chi connectivity index (χ0n) is 9.15. The van der Waals surface area contributed by atoms with E-state index in [-0.39, 0.29) is 5.69 Å². The zero-order valence-corrected chi connectivity index (χ0v) is 10.0.